The molecular formula is C13H21ClN4. The Morgan fingerprint density at radius 3 is 2.67 bits per heavy atom. The highest BCUT2D eigenvalue weighted by atomic mass is 35.5. The average Bonchev–Trinajstić information content (AvgIpc) is 2.35. The molecule has 0 aromatic carbocycles. The summed E-state index contributed by atoms with van der Waals surface area (Å²) in [6.45, 7) is 6.33. The molecule has 0 amide bonds. The van der Waals surface area contributed by atoms with Crippen molar-refractivity contribution in [3.63, 3.8) is 0 Å². The van der Waals surface area contributed by atoms with E-state index in [9.17, 15) is 0 Å². The molecule has 1 aliphatic heterocycles. The number of rotatable bonds is 2. The molecule has 0 saturated carbocycles. The van der Waals surface area contributed by atoms with E-state index in [0.29, 0.717) is 11.2 Å². The molecule has 2 heterocycles. The van der Waals surface area contributed by atoms with Gasteiger partial charge in [-0.05, 0) is 51.4 Å². The molecule has 18 heavy (non-hydrogen) atoms. The van der Waals surface area contributed by atoms with E-state index >= 15 is 0 Å². The fourth-order valence-electron chi connectivity index (χ4n) is 2.53. The first-order valence-corrected chi connectivity index (χ1v) is 6.79. The largest absolute Gasteiger partial charge is 0.354 e. The third kappa shape index (κ3) is 2.59. The zero-order valence-corrected chi connectivity index (χ0v) is 12.3. The van der Waals surface area contributed by atoms with Gasteiger partial charge in [-0.3, -0.25) is 0 Å². The normalized spacial score (nSPS) is 21.1. The summed E-state index contributed by atoms with van der Waals surface area (Å²) in [5.41, 5.74) is 2.16. The molecule has 1 atom stereocenters. The number of aromatic nitrogens is 2. The minimum absolute atomic E-state index is 0.505. The molecule has 0 N–H and O–H groups in total. The van der Waals surface area contributed by atoms with Gasteiger partial charge in [0.2, 0.25) is 0 Å². The quantitative estimate of drug-likeness (QED) is 0.824. The second kappa shape index (κ2) is 5.41. The van der Waals surface area contributed by atoms with Crippen LogP contribution in [0.1, 0.15) is 24.0 Å². The lowest BCUT2D eigenvalue weighted by Gasteiger charge is -2.36. The molecule has 1 aromatic rings. The van der Waals surface area contributed by atoms with E-state index < -0.39 is 0 Å². The van der Waals surface area contributed by atoms with Crippen LogP contribution in [-0.2, 0) is 0 Å². The summed E-state index contributed by atoms with van der Waals surface area (Å²) in [7, 11) is 4.28. The fraction of sp³-hybridized carbons (Fsp3) is 0.692. The minimum atomic E-state index is 0.505. The van der Waals surface area contributed by atoms with Gasteiger partial charge in [0.15, 0.2) is 11.0 Å². The van der Waals surface area contributed by atoms with Crippen molar-refractivity contribution in [3.05, 3.63) is 16.3 Å². The van der Waals surface area contributed by atoms with Crippen LogP contribution in [0.5, 0.6) is 0 Å². The minimum Gasteiger partial charge on any atom is -0.354 e. The van der Waals surface area contributed by atoms with Crippen LogP contribution in [0.25, 0.3) is 0 Å². The smallest absolute Gasteiger partial charge is 0.155 e. The van der Waals surface area contributed by atoms with Crippen LogP contribution in [0.2, 0.25) is 5.15 Å². The van der Waals surface area contributed by atoms with Gasteiger partial charge in [0.05, 0.1) is 0 Å². The van der Waals surface area contributed by atoms with Gasteiger partial charge in [0, 0.05) is 19.6 Å². The molecule has 4 nitrogen and oxygen atoms in total. The van der Waals surface area contributed by atoms with Crippen molar-refractivity contribution in [1.82, 2.24) is 15.1 Å². The van der Waals surface area contributed by atoms with Crippen molar-refractivity contribution < 1.29 is 0 Å². The van der Waals surface area contributed by atoms with E-state index in [0.717, 1.165) is 23.5 Å². The van der Waals surface area contributed by atoms with Gasteiger partial charge in [0.1, 0.15) is 0 Å². The first-order valence-electron chi connectivity index (χ1n) is 6.41. The summed E-state index contributed by atoms with van der Waals surface area (Å²) < 4.78 is 0. The van der Waals surface area contributed by atoms with Gasteiger partial charge < -0.3 is 9.80 Å². The Hall–Kier alpha value is -0.870. The van der Waals surface area contributed by atoms with Crippen LogP contribution >= 0.6 is 11.6 Å². The molecule has 0 aliphatic carbocycles. The molecule has 0 bridgehead atoms. The van der Waals surface area contributed by atoms with Crippen LogP contribution in [0.4, 0.5) is 5.82 Å². The first kappa shape index (κ1) is 13.6. The Morgan fingerprint density at radius 2 is 2.00 bits per heavy atom. The van der Waals surface area contributed by atoms with E-state index in [4.69, 9.17) is 11.6 Å². The highest BCUT2D eigenvalue weighted by Gasteiger charge is 2.24. The number of anilines is 1. The van der Waals surface area contributed by atoms with Crippen molar-refractivity contribution in [3.8, 4) is 0 Å². The molecule has 0 radical (unpaired) electrons. The second-order valence-corrected chi connectivity index (χ2v) is 5.59. The number of likely N-dealkylation sites (tertiary alicyclic amines) is 1. The number of halogens is 1. The lowest BCUT2D eigenvalue weighted by atomic mass is 10.0. The van der Waals surface area contributed by atoms with Crippen molar-refractivity contribution in [2.45, 2.75) is 32.7 Å². The summed E-state index contributed by atoms with van der Waals surface area (Å²) >= 11 is 6.00. The molecule has 0 spiro atoms. The van der Waals surface area contributed by atoms with Crippen LogP contribution in [0, 0.1) is 13.8 Å². The van der Waals surface area contributed by atoms with E-state index in [-0.39, 0.29) is 0 Å². The lowest BCUT2D eigenvalue weighted by Crippen LogP contribution is -2.45. The monoisotopic (exact) mass is 268 g/mol. The zero-order chi connectivity index (χ0) is 13.3. The maximum absolute atomic E-state index is 6.00. The molecule has 1 aliphatic rings. The van der Waals surface area contributed by atoms with Crippen molar-refractivity contribution in [2.75, 3.05) is 32.1 Å². The van der Waals surface area contributed by atoms with Gasteiger partial charge in [0.25, 0.3) is 0 Å². The van der Waals surface area contributed by atoms with Gasteiger partial charge in [-0.2, -0.15) is 0 Å². The number of likely N-dealkylation sites (N-methyl/N-ethyl adjacent to an activating group) is 2. The maximum atomic E-state index is 6.00. The Bertz CT molecular complexity index is 435. The van der Waals surface area contributed by atoms with Crippen LogP contribution in [0.3, 0.4) is 0 Å². The molecule has 2 rings (SSSR count). The molecule has 1 aromatic heterocycles. The predicted octanol–water partition coefficient (Wildman–Crippen LogP) is 2.28. The lowest BCUT2D eigenvalue weighted by molar-refractivity contribution is 0.247. The fourth-order valence-corrected chi connectivity index (χ4v) is 2.71. The summed E-state index contributed by atoms with van der Waals surface area (Å²) in [4.78, 5) is 4.62. The van der Waals surface area contributed by atoms with Crippen LogP contribution in [-0.4, -0.2) is 48.3 Å². The summed E-state index contributed by atoms with van der Waals surface area (Å²) in [6.07, 6.45) is 2.45. The topological polar surface area (TPSA) is 32.3 Å². The Labute approximate surface area is 114 Å². The van der Waals surface area contributed by atoms with Crippen molar-refractivity contribution in [2.24, 2.45) is 0 Å². The zero-order valence-electron chi connectivity index (χ0n) is 11.6. The SMILES string of the molecule is Cc1c(Cl)nnc(N(C)C2CCCN(C)C2)c1C. The molecule has 1 fully saturated rings. The summed E-state index contributed by atoms with van der Waals surface area (Å²) in [6, 6.07) is 0.511. The average molecular weight is 269 g/mol. The summed E-state index contributed by atoms with van der Waals surface area (Å²) in [5.74, 6) is 0.956. The third-order valence-corrected chi connectivity index (χ3v) is 4.28. The van der Waals surface area contributed by atoms with E-state index in [1.54, 1.807) is 0 Å². The molecule has 5 heteroatoms. The Kier molecular flexibility index (Phi) is 4.07. The van der Waals surface area contributed by atoms with Crippen LogP contribution < -0.4 is 4.90 Å². The maximum Gasteiger partial charge on any atom is 0.155 e. The van der Waals surface area contributed by atoms with E-state index in [1.807, 2.05) is 6.92 Å². The van der Waals surface area contributed by atoms with Crippen molar-refractivity contribution in [1.29, 1.82) is 0 Å². The highest BCUT2D eigenvalue weighted by molar-refractivity contribution is 6.30. The Morgan fingerprint density at radius 1 is 1.28 bits per heavy atom. The number of nitrogens with zero attached hydrogens (tertiary/aromatic N) is 4. The van der Waals surface area contributed by atoms with E-state index in [2.05, 4.69) is 41.0 Å². The predicted molar refractivity (Wildman–Crippen MR) is 75.4 cm³/mol. The van der Waals surface area contributed by atoms with E-state index in [1.165, 1.54) is 19.4 Å². The summed E-state index contributed by atoms with van der Waals surface area (Å²) in [5, 5.41) is 8.80. The van der Waals surface area contributed by atoms with Gasteiger partial charge >= 0.3 is 0 Å². The van der Waals surface area contributed by atoms with Gasteiger partial charge in [-0.1, -0.05) is 11.6 Å². The first-order chi connectivity index (χ1) is 8.50. The third-order valence-electron chi connectivity index (χ3n) is 3.92. The molecular weight excluding hydrogens is 248 g/mol. The van der Waals surface area contributed by atoms with Gasteiger partial charge in [-0.25, -0.2) is 0 Å². The van der Waals surface area contributed by atoms with Gasteiger partial charge in [-0.15, -0.1) is 10.2 Å². The molecule has 1 unspecified atom stereocenters. The number of hydrogen-bond acceptors (Lipinski definition) is 4. The van der Waals surface area contributed by atoms with Crippen molar-refractivity contribution >= 4 is 17.4 Å². The number of piperidine rings is 1. The second-order valence-electron chi connectivity index (χ2n) is 5.23. The Balaban J connectivity index is 2.23. The molecule has 1 saturated heterocycles. The standard InChI is InChI=1S/C13H21ClN4/c1-9-10(2)13(16-15-12(9)14)18(4)11-6-5-7-17(3)8-11/h11H,5-8H2,1-4H3. The van der Waals surface area contributed by atoms with Crippen LogP contribution in [0.15, 0.2) is 0 Å². The number of hydrogen-bond donors (Lipinski definition) is 0. The highest BCUT2D eigenvalue weighted by Crippen LogP contribution is 2.26. The molecule has 100 valence electrons.